The Kier molecular flexibility index (Phi) is 5.11. The van der Waals surface area contributed by atoms with E-state index in [4.69, 9.17) is 9.47 Å². The average molecular weight is 353 g/mol. The summed E-state index contributed by atoms with van der Waals surface area (Å²) in [6.45, 7) is 6.23. The molecule has 0 saturated heterocycles. The minimum Gasteiger partial charge on any atom is -0.492 e. The van der Waals surface area contributed by atoms with Crippen LogP contribution in [0.2, 0.25) is 0 Å². The fourth-order valence-corrected chi connectivity index (χ4v) is 2.50. The normalized spacial score (nSPS) is 11.3. The van der Waals surface area contributed by atoms with Gasteiger partial charge in [-0.2, -0.15) is 0 Å². The van der Waals surface area contributed by atoms with Gasteiger partial charge in [-0.1, -0.05) is 12.1 Å². The quantitative estimate of drug-likeness (QED) is 0.706. The van der Waals surface area contributed by atoms with E-state index in [2.05, 4.69) is 10.3 Å². The first-order valence-corrected chi connectivity index (χ1v) is 8.54. The molecule has 0 aliphatic heterocycles. The van der Waals surface area contributed by atoms with Gasteiger partial charge in [-0.25, -0.2) is 9.78 Å². The van der Waals surface area contributed by atoms with Crippen molar-refractivity contribution in [1.82, 2.24) is 14.9 Å². The molecule has 3 rings (SSSR count). The van der Waals surface area contributed by atoms with Crippen LogP contribution in [-0.2, 0) is 4.74 Å². The number of imidazole rings is 1. The van der Waals surface area contributed by atoms with Crippen LogP contribution >= 0.6 is 0 Å². The summed E-state index contributed by atoms with van der Waals surface area (Å²) in [6, 6.07) is 15.7. The summed E-state index contributed by atoms with van der Waals surface area (Å²) in [5.74, 6) is 0.740. The first-order valence-electron chi connectivity index (χ1n) is 8.54. The number of hydrogen-bond acceptors (Lipinski definition) is 4. The Labute approximate surface area is 152 Å². The number of rotatable bonds is 5. The number of alkyl carbamates (subject to hydrolysis) is 1. The maximum atomic E-state index is 11.6. The summed E-state index contributed by atoms with van der Waals surface area (Å²) in [4.78, 5) is 16.0. The molecular formula is C20H23N3O3. The highest BCUT2D eigenvalue weighted by Gasteiger charge is 2.15. The molecule has 2 aromatic carbocycles. The van der Waals surface area contributed by atoms with Crippen LogP contribution in [0.5, 0.6) is 5.75 Å². The van der Waals surface area contributed by atoms with E-state index in [0.717, 1.165) is 22.5 Å². The number of nitrogens with one attached hydrogen (secondary N) is 1. The number of nitrogens with zero attached hydrogens (tertiary/aromatic N) is 2. The van der Waals surface area contributed by atoms with Crippen LogP contribution in [0, 0.1) is 0 Å². The standard InChI is InChI=1S/C20H23N3O3/c1-20(2,3)26-19(24)21-12-13-25-16-10-8-15(9-11-16)23-14-22-17-6-4-5-7-18(17)23/h4-11,14H,12-13H2,1-3H3,(H,21,24). The minimum atomic E-state index is -0.502. The molecule has 3 aromatic rings. The number of para-hydroxylation sites is 2. The van der Waals surface area contributed by atoms with E-state index in [1.807, 2.05) is 80.2 Å². The van der Waals surface area contributed by atoms with Gasteiger partial charge < -0.3 is 14.8 Å². The van der Waals surface area contributed by atoms with Crippen molar-refractivity contribution in [2.45, 2.75) is 26.4 Å². The molecule has 26 heavy (non-hydrogen) atoms. The van der Waals surface area contributed by atoms with Crippen molar-refractivity contribution in [1.29, 1.82) is 0 Å². The Morgan fingerprint density at radius 2 is 1.85 bits per heavy atom. The van der Waals surface area contributed by atoms with Crippen molar-refractivity contribution in [3.8, 4) is 11.4 Å². The monoisotopic (exact) mass is 353 g/mol. The van der Waals surface area contributed by atoms with Gasteiger partial charge in [0.15, 0.2) is 0 Å². The minimum absolute atomic E-state index is 0.368. The molecule has 1 amide bonds. The molecule has 6 heteroatoms. The lowest BCUT2D eigenvalue weighted by atomic mass is 10.2. The van der Waals surface area contributed by atoms with Crippen LogP contribution in [-0.4, -0.2) is 34.4 Å². The summed E-state index contributed by atoms with van der Waals surface area (Å²) >= 11 is 0. The van der Waals surface area contributed by atoms with Crippen molar-refractivity contribution >= 4 is 17.1 Å². The molecule has 0 aliphatic rings. The third-order valence-corrected chi connectivity index (χ3v) is 3.61. The van der Waals surface area contributed by atoms with E-state index in [9.17, 15) is 4.79 Å². The lowest BCUT2D eigenvalue weighted by molar-refractivity contribution is 0.0520. The summed E-state index contributed by atoms with van der Waals surface area (Å²) in [7, 11) is 0. The second kappa shape index (κ2) is 7.47. The molecule has 1 heterocycles. The van der Waals surface area contributed by atoms with E-state index in [1.54, 1.807) is 0 Å². The molecular weight excluding hydrogens is 330 g/mol. The van der Waals surface area contributed by atoms with Crippen molar-refractivity contribution in [3.05, 3.63) is 54.9 Å². The van der Waals surface area contributed by atoms with Gasteiger partial charge in [0.1, 0.15) is 24.3 Å². The number of aromatic nitrogens is 2. The first-order chi connectivity index (χ1) is 12.4. The molecule has 0 saturated carbocycles. The number of hydrogen-bond donors (Lipinski definition) is 1. The maximum absolute atomic E-state index is 11.6. The average Bonchev–Trinajstić information content (AvgIpc) is 3.02. The Bertz CT molecular complexity index is 879. The van der Waals surface area contributed by atoms with Crippen LogP contribution < -0.4 is 10.1 Å². The fraction of sp³-hybridized carbons (Fsp3) is 0.300. The third-order valence-electron chi connectivity index (χ3n) is 3.61. The number of ether oxygens (including phenoxy) is 2. The molecule has 0 atom stereocenters. The molecule has 0 fully saturated rings. The van der Waals surface area contributed by atoms with E-state index in [-0.39, 0.29) is 0 Å². The Morgan fingerprint density at radius 3 is 2.58 bits per heavy atom. The number of carbonyl (C=O) groups excluding carboxylic acids is 1. The van der Waals surface area contributed by atoms with E-state index in [1.165, 1.54) is 0 Å². The van der Waals surface area contributed by atoms with Crippen molar-refractivity contribution < 1.29 is 14.3 Å². The lowest BCUT2D eigenvalue weighted by Gasteiger charge is -2.19. The molecule has 6 nitrogen and oxygen atoms in total. The molecule has 0 bridgehead atoms. The van der Waals surface area contributed by atoms with Gasteiger partial charge in [0.05, 0.1) is 17.6 Å². The van der Waals surface area contributed by atoms with Gasteiger partial charge in [0.25, 0.3) is 0 Å². The number of fused-ring (bicyclic) bond motifs is 1. The van der Waals surface area contributed by atoms with Gasteiger partial charge in [-0.15, -0.1) is 0 Å². The molecule has 1 aromatic heterocycles. The Hall–Kier alpha value is -3.02. The van der Waals surface area contributed by atoms with Crippen LogP contribution in [0.4, 0.5) is 4.79 Å². The Morgan fingerprint density at radius 1 is 1.12 bits per heavy atom. The molecule has 0 aliphatic carbocycles. The summed E-state index contributed by atoms with van der Waals surface area (Å²) < 4.78 is 12.9. The van der Waals surface area contributed by atoms with Crippen LogP contribution in [0.25, 0.3) is 16.7 Å². The second-order valence-corrected chi connectivity index (χ2v) is 6.87. The van der Waals surface area contributed by atoms with Gasteiger partial charge in [0, 0.05) is 5.69 Å². The third kappa shape index (κ3) is 4.53. The number of carbonyl (C=O) groups is 1. The second-order valence-electron chi connectivity index (χ2n) is 6.87. The summed E-state index contributed by atoms with van der Waals surface area (Å²) in [6.07, 6.45) is 1.37. The maximum Gasteiger partial charge on any atom is 0.407 e. The van der Waals surface area contributed by atoms with Crippen LogP contribution in [0.3, 0.4) is 0 Å². The highest BCUT2D eigenvalue weighted by Crippen LogP contribution is 2.20. The van der Waals surface area contributed by atoms with Gasteiger partial charge >= 0.3 is 6.09 Å². The molecule has 0 radical (unpaired) electrons. The van der Waals surface area contributed by atoms with E-state index in [0.29, 0.717) is 13.2 Å². The number of benzene rings is 2. The van der Waals surface area contributed by atoms with Crippen molar-refractivity contribution in [3.63, 3.8) is 0 Å². The first kappa shape index (κ1) is 17.8. The molecule has 0 spiro atoms. The highest BCUT2D eigenvalue weighted by molar-refractivity contribution is 5.77. The zero-order valence-corrected chi connectivity index (χ0v) is 15.2. The van der Waals surface area contributed by atoms with Crippen molar-refractivity contribution in [2.24, 2.45) is 0 Å². The largest absolute Gasteiger partial charge is 0.492 e. The summed E-state index contributed by atoms with van der Waals surface area (Å²) in [5, 5.41) is 2.66. The van der Waals surface area contributed by atoms with Gasteiger partial charge in [0.2, 0.25) is 0 Å². The highest BCUT2D eigenvalue weighted by atomic mass is 16.6. The number of amides is 1. The zero-order valence-electron chi connectivity index (χ0n) is 15.2. The van der Waals surface area contributed by atoms with Crippen LogP contribution in [0.1, 0.15) is 20.8 Å². The smallest absolute Gasteiger partial charge is 0.407 e. The van der Waals surface area contributed by atoms with E-state index >= 15 is 0 Å². The van der Waals surface area contributed by atoms with Gasteiger partial charge in [-0.3, -0.25) is 4.57 Å². The molecule has 136 valence electrons. The fourth-order valence-electron chi connectivity index (χ4n) is 2.50. The zero-order chi connectivity index (χ0) is 18.6. The predicted octanol–water partition coefficient (Wildman–Crippen LogP) is 3.93. The predicted molar refractivity (Wildman–Crippen MR) is 101 cm³/mol. The van der Waals surface area contributed by atoms with Gasteiger partial charge in [-0.05, 0) is 57.2 Å². The summed E-state index contributed by atoms with van der Waals surface area (Å²) in [5.41, 5.74) is 2.53. The van der Waals surface area contributed by atoms with Crippen LogP contribution in [0.15, 0.2) is 54.9 Å². The topological polar surface area (TPSA) is 65.4 Å². The molecule has 0 unspecified atom stereocenters. The lowest BCUT2D eigenvalue weighted by Crippen LogP contribution is -2.34. The van der Waals surface area contributed by atoms with E-state index < -0.39 is 11.7 Å². The molecule has 1 N–H and O–H groups in total. The SMILES string of the molecule is CC(C)(C)OC(=O)NCCOc1ccc(-n2cnc3ccccc32)cc1. The van der Waals surface area contributed by atoms with Crippen molar-refractivity contribution in [2.75, 3.05) is 13.2 Å². The Balaban J connectivity index is 1.53.